The molecule has 0 spiro atoms. The second kappa shape index (κ2) is 10.0. The minimum atomic E-state index is -0.359. The van der Waals surface area contributed by atoms with Crippen molar-refractivity contribution in [3.8, 4) is 0 Å². The fourth-order valence-corrected chi connectivity index (χ4v) is 1.95. The molecule has 128 valence electrons. The SMILES string of the molecule is CC(C)CCCOC(=O)c1ccc(C(=O)OCCC(C)C)cc1. The van der Waals surface area contributed by atoms with Gasteiger partial charge in [-0.25, -0.2) is 9.59 Å². The molecule has 0 N–H and O–H groups in total. The molecule has 0 unspecified atom stereocenters. The molecule has 0 atom stereocenters. The summed E-state index contributed by atoms with van der Waals surface area (Å²) in [4.78, 5) is 23.7. The third kappa shape index (κ3) is 7.82. The molecule has 0 aliphatic carbocycles. The number of benzene rings is 1. The van der Waals surface area contributed by atoms with Crippen molar-refractivity contribution in [1.29, 1.82) is 0 Å². The van der Waals surface area contributed by atoms with Crippen LogP contribution in [0.25, 0.3) is 0 Å². The second-order valence-corrected chi connectivity index (χ2v) is 6.57. The average molecular weight is 320 g/mol. The second-order valence-electron chi connectivity index (χ2n) is 6.57. The molecule has 0 aliphatic rings. The molecule has 23 heavy (non-hydrogen) atoms. The van der Waals surface area contributed by atoms with Crippen molar-refractivity contribution in [2.24, 2.45) is 11.8 Å². The monoisotopic (exact) mass is 320 g/mol. The Bertz CT molecular complexity index is 489. The maximum atomic E-state index is 11.9. The molecule has 0 heterocycles. The quantitative estimate of drug-likeness (QED) is 0.497. The lowest BCUT2D eigenvalue weighted by atomic mass is 10.1. The summed E-state index contributed by atoms with van der Waals surface area (Å²) in [5.74, 6) is 0.390. The highest BCUT2D eigenvalue weighted by Crippen LogP contribution is 2.10. The van der Waals surface area contributed by atoms with Gasteiger partial charge in [-0.1, -0.05) is 27.7 Å². The van der Waals surface area contributed by atoms with Crippen LogP contribution in [0, 0.1) is 11.8 Å². The molecule has 1 rings (SSSR count). The van der Waals surface area contributed by atoms with Crippen molar-refractivity contribution >= 4 is 11.9 Å². The number of ether oxygens (including phenoxy) is 2. The summed E-state index contributed by atoms with van der Waals surface area (Å²) >= 11 is 0. The molecule has 0 saturated carbocycles. The van der Waals surface area contributed by atoms with Crippen LogP contribution in [0.4, 0.5) is 0 Å². The lowest BCUT2D eigenvalue weighted by molar-refractivity contribution is 0.0476. The summed E-state index contributed by atoms with van der Waals surface area (Å²) in [5, 5.41) is 0. The van der Waals surface area contributed by atoms with Gasteiger partial charge >= 0.3 is 11.9 Å². The average Bonchev–Trinajstić information content (AvgIpc) is 2.51. The van der Waals surface area contributed by atoms with E-state index in [9.17, 15) is 9.59 Å². The third-order valence-corrected chi connectivity index (χ3v) is 3.44. The molecule has 4 nitrogen and oxygen atoms in total. The highest BCUT2D eigenvalue weighted by atomic mass is 16.5. The van der Waals surface area contributed by atoms with Crippen molar-refractivity contribution in [1.82, 2.24) is 0 Å². The van der Waals surface area contributed by atoms with Crippen LogP contribution in [0.15, 0.2) is 24.3 Å². The zero-order valence-electron chi connectivity index (χ0n) is 14.6. The van der Waals surface area contributed by atoms with E-state index in [1.165, 1.54) is 0 Å². The van der Waals surface area contributed by atoms with E-state index in [-0.39, 0.29) is 11.9 Å². The maximum absolute atomic E-state index is 11.9. The maximum Gasteiger partial charge on any atom is 0.338 e. The first-order chi connectivity index (χ1) is 10.9. The Hall–Kier alpha value is -1.84. The first-order valence-corrected chi connectivity index (χ1v) is 8.34. The minimum Gasteiger partial charge on any atom is -0.462 e. The van der Waals surface area contributed by atoms with E-state index in [0.29, 0.717) is 36.2 Å². The highest BCUT2D eigenvalue weighted by Gasteiger charge is 2.11. The number of rotatable bonds is 9. The summed E-state index contributed by atoms with van der Waals surface area (Å²) in [6.45, 7) is 9.28. The van der Waals surface area contributed by atoms with E-state index in [4.69, 9.17) is 9.47 Å². The van der Waals surface area contributed by atoms with Crippen molar-refractivity contribution in [2.45, 2.75) is 47.0 Å². The van der Waals surface area contributed by atoms with Gasteiger partial charge in [-0.15, -0.1) is 0 Å². The van der Waals surface area contributed by atoms with Gasteiger partial charge in [0.05, 0.1) is 24.3 Å². The lowest BCUT2D eigenvalue weighted by Gasteiger charge is -2.08. The Balaban J connectivity index is 2.42. The van der Waals surface area contributed by atoms with E-state index in [1.807, 2.05) is 0 Å². The molecular formula is C19H28O4. The van der Waals surface area contributed by atoms with Gasteiger partial charge in [-0.3, -0.25) is 0 Å². The fourth-order valence-electron chi connectivity index (χ4n) is 1.95. The summed E-state index contributed by atoms with van der Waals surface area (Å²) in [5.41, 5.74) is 0.901. The van der Waals surface area contributed by atoms with Crippen LogP contribution < -0.4 is 0 Å². The van der Waals surface area contributed by atoms with Crippen LogP contribution >= 0.6 is 0 Å². The summed E-state index contributed by atoms with van der Waals surface area (Å²) < 4.78 is 10.4. The third-order valence-electron chi connectivity index (χ3n) is 3.44. The molecule has 4 heteroatoms. The molecular weight excluding hydrogens is 292 g/mol. The Labute approximate surface area is 139 Å². The van der Waals surface area contributed by atoms with Gasteiger partial charge in [0, 0.05) is 0 Å². The topological polar surface area (TPSA) is 52.6 Å². The van der Waals surface area contributed by atoms with E-state index in [1.54, 1.807) is 24.3 Å². The molecule has 0 aromatic heterocycles. The number of carbonyl (C=O) groups is 2. The number of esters is 2. The van der Waals surface area contributed by atoms with E-state index >= 15 is 0 Å². The van der Waals surface area contributed by atoms with Crippen LogP contribution in [0.5, 0.6) is 0 Å². The first kappa shape index (κ1) is 19.2. The number of carbonyl (C=O) groups excluding carboxylic acids is 2. The number of hydrogen-bond donors (Lipinski definition) is 0. The lowest BCUT2D eigenvalue weighted by Crippen LogP contribution is -2.10. The summed E-state index contributed by atoms with van der Waals surface area (Å²) in [7, 11) is 0. The van der Waals surface area contributed by atoms with E-state index in [2.05, 4.69) is 27.7 Å². The smallest absolute Gasteiger partial charge is 0.338 e. The summed E-state index contributed by atoms with van der Waals surface area (Å²) in [6.07, 6.45) is 2.74. The van der Waals surface area contributed by atoms with Crippen molar-refractivity contribution in [2.75, 3.05) is 13.2 Å². The van der Waals surface area contributed by atoms with Crippen molar-refractivity contribution in [3.63, 3.8) is 0 Å². The fraction of sp³-hybridized carbons (Fsp3) is 0.579. The Morgan fingerprint density at radius 2 is 1.22 bits per heavy atom. The van der Waals surface area contributed by atoms with Crippen LogP contribution in [0.3, 0.4) is 0 Å². The first-order valence-electron chi connectivity index (χ1n) is 8.34. The highest BCUT2D eigenvalue weighted by molar-refractivity contribution is 5.93. The van der Waals surface area contributed by atoms with Crippen molar-refractivity contribution in [3.05, 3.63) is 35.4 Å². The van der Waals surface area contributed by atoms with Crippen LogP contribution in [-0.2, 0) is 9.47 Å². The predicted octanol–water partition coefficient (Wildman–Crippen LogP) is 4.48. The zero-order chi connectivity index (χ0) is 17.2. The zero-order valence-corrected chi connectivity index (χ0v) is 14.6. The van der Waals surface area contributed by atoms with Gasteiger partial charge in [0.1, 0.15) is 0 Å². The molecule has 0 radical (unpaired) electrons. The van der Waals surface area contributed by atoms with Gasteiger partial charge in [-0.2, -0.15) is 0 Å². The minimum absolute atomic E-state index is 0.353. The standard InChI is InChI=1S/C19H28O4/c1-14(2)6-5-12-22-18(20)16-7-9-17(10-8-16)19(21)23-13-11-15(3)4/h7-10,14-15H,5-6,11-13H2,1-4H3. The van der Waals surface area contributed by atoms with Gasteiger partial charge in [0.25, 0.3) is 0 Å². The van der Waals surface area contributed by atoms with Gasteiger partial charge in [-0.05, 0) is 55.4 Å². The molecule has 0 bridgehead atoms. The molecule has 0 aliphatic heterocycles. The Kier molecular flexibility index (Phi) is 8.38. The van der Waals surface area contributed by atoms with E-state index in [0.717, 1.165) is 19.3 Å². The summed E-state index contributed by atoms with van der Waals surface area (Å²) in [6, 6.07) is 6.40. The Morgan fingerprint density at radius 3 is 1.65 bits per heavy atom. The molecule has 0 fully saturated rings. The van der Waals surface area contributed by atoms with E-state index < -0.39 is 0 Å². The largest absolute Gasteiger partial charge is 0.462 e. The predicted molar refractivity (Wildman–Crippen MR) is 90.5 cm³/mol. The van der Waals surface area contributed by atoms with Gasteiger partial charge in [0.2, 0.25) is 0 Å². The van der Waals surface area contributed by atoms with Gasteiger partial charge in [0.15, 0.2) is 0 Å². The number of hydrogen-bond acceptors (Lipinski definition) is 4. The molecule has 0 saturated heterocycles. The molecule has 0 amide bonds. The van der Waals surface area contributed by atoms with Gasteiger partial charge < -0.3 is 9.47 Å². The molecule has 1 aromatic carbocycles. The Morgan fingerprint density at radius 1 is 0.783 bits per heavy atom. The normalized spacial score (nSPS) is 10.9. The van der Waals surface area contributed by atoms with Crippen LogP contribution in [0.1, 0.15) is 67.7 Å². The molecule has 1 aromatic rings. The van der Waals surface area contributed by atoms with Crippen LogP contribution in [0.2, 0.25) is 0 Å². The van der Waals surface area contributed by atoms with Crippen LogP contribution in [-0.4, -0.2) is 25.2 Å². The van der Waals surface area contributed by atoms with Crippen molar-refractivity contribution < 1.29 is 19.1 Å².